The molecule has 0 spiro atoms. The van der Waals surface area contributed by atoms with Gasteiger partial charge >= 0.3 is 0 Å². The maximum Gasteiger partial charge on any atom is 0.245 e. The predicted molar refractivity (Wildman–Crippen MR) is 119 cm³/mol. The molecule has 1 aliphatic rings. The van der Waals surface area contributed by atoms with Crippen molar-refractivity contribution in [1.29, 1.82) is 0 Å². The standard InChI is InChI=1S/C23H25N3O4S/c1-30-16-19-6-2-3-9-21(19)26(17-27)20-11-14-25(15-12-20)31(28,29)22-10-4-7-18-8-5-13-24-23(18)22/h2-10,13,17,20H,11-12,14-16H2,1H3. The summed E-state index contributed by atoms with van der Waals surface area (Å²) in [5, 5.41) is 0.792. The van der Waals surface area contributed by atoms with Crippen LogP contribution in [0.3, 0.4) is 0 Å². The number of fused-ring (bicyclic) bond motifs is 1. The Morgan fingerprint density at radius 2 is 1.84 bits per heavy atom. The van der Waals surface area contributed by atoms with Crippen molar-refractivity contribution in [3.05, 3.63) is 66.4 Å². The smallest absolute Gasteiger partial charge is 0.245 e. The average molecular weight is 440 g/mol. The Bertz CT molecular complexity index is 1170. The maximum absolute atomic E-state index is 13.3. The highest BCUT2D eigenvalue weighted by atomic mass is 32.2. The molecule has 1 fully saturated rings. The first kappa shape index (κ1) is 21.4. The monoisotopic (exact) mass is 439 g/mol. The molecule has 0 atom stereocenters. The second kappa shape index (κ2) is 9.13. The van der Waals surface area contributed by atoms with Crippen molar-refractivity contribution >= 4 is 33.0 Å². The minimum Gasteiger partial charge on any atom is -0.380 e. The van der Waals surface area contributed by atoms with E-state index in [0.717, 1.165) is 23.0 Å². The number of benzene rings is 2. The van der Waals surface area contributed by atoms with Crippen molar-refractivity contribution in [3.8, 4) is 0 Å². The summed E-state index contributed by atoms with van der Waals surface area (Å²) < 4.78 is 33.4. The summed E-state index contributed by atoms with van der Waals surface area (Å²) >= 11 is 0. The number of para-hydroxylation sites is 2. The third-order valence-electron chi connectivity index (χ3n) is 5.71. The quantitative estimate of drug-likeness (QED) is 0.528. The van der Waals surface area contributed by atoms with Gasteiger partial charge in [-0.15, -0.1) is 0 Å². The van der Waals surface area contributed by atoms with Gasteiger partial charge < -0.3 is 9.64 Å². The van der Waals surface area contributed by atoms with Gasteiger partial charge in [0.05, 0.1) is 12.1 Å². The maximum atomic E-state index is 13.3. The molecule has 2 heterocycles. The Morgan fingerprint density at radius 3 is 2.58 bits per heavy atom. The van der Waals surface area contributed by atoms with Gasteiger partial charge in [-0.25, -0.2) is 8.42 Å². The highest BCUT2D eigenvalue weighted by Crippen LogP contribution is 2.30. The van der Waals surface area contributed by atoms with Crippen LogP contribution < -0.4 is 4.90 Å². The minimum absolute atomic E-state index is 0.0763. The molecule has 0 unspecified atom stereocenters. The van der Waals surface area contributed by atoms with Crippen LogP contribution in [-0.4, -0.2) is 50.4 Å². The van der Waals surface area contributed by atoms with Crippen LogP contribution in [0.5, 0.6) is 0 Å². The second-order valence-electron chi connectivity index (χ2n) is 7.54. The molecule has 0 radical (unpaired) electrons. The number of pyridine rings is 1. The van der Waals surface area contributed by atoms with Crippen LogP contribution >= 0.6 is 0 Å². The molecule has 7 nitrogen and oxygen atoms in total. The molecule has 1 aromatic heterocycles. The van der Waals surface area contributed by atoms with E-state index < -0.39 is 10.0 Å². The molecule has 1 saturated heterocycles. The molecule has 2 aromatic carbocycles. The summed E-state index contributed by atoms with van der Waals surface area (Å²) in [7, 11) is -2.06. The van der Waals surface area contributed by atoms with Gasteiger partial charge in [-0.1, -0.05) is 36.4 Å². The van der Waals surface area contributed by atoms with Crippen LogP contribution in [0, 0.1) is 0 Å². The van der Waals surface area contributed by atoms with Crippen molar-refractivity contribution in [2.24, 2.45) is 0 Å². The number of nitrogens with zero attached hydrogens (tertiary/aromatic N) is 3. The van der Waals surface area contributed by atoms with Gasteiger partial charge in [0.15, 0.2) is 0 Å². The lowest BCUT2D eigenvalue weighted by atomic mass is 10.0. The summed E-state index contributed by atoms with van der Waals surface area (Å²) in [6.07, 6.45) is 3.54. The lowest BCUT2D eigenvalue weighted by Crippen LogP contribution is -2.46. The van der Waals surface area contributed by atoms with Gasteiger partial charge in [-0.3, -0.25) is 9.78 Å². The molecule has 0 saturated carbocycles. The fraction of sp³-hybridized carbons (Fsp3) is 0.304. The number of ether oxygens (including phenoxy) is 1. The molecular weight excluding hydrogens is 414 g/mol. The highest BCUT2D eigenvalue weighted by molar-refractivity contribution is 7.89. The number of sulfonamides is 1. The molecule has 0 N–H and O–H groups in total. The van der Waals surface area contributed by atoms with E-state index >= 15 is 0 Å². The van der Waals surface area contributed by atoms with Crippen molar-refractivity contribution < 1.29 is 17.9 Å². The fourth-order valence-corrected chi connectivity index (χ4v) is 5.80. The largest absolute Gasteiger partial charge is 0.380 e. The lowest BCUT2D eigenvalue weighted by molar-refractivity contribution is -0.108. The number of hydrogen-bond donors (Lipinski definition) is 0. The molecule has 1 aliphatic heterocycles. The zero-order chi connectivity index (χ0) is 21.8. The Kier molecular flexibility index (Phi) is 6.31. The van der Waals surface area contributed by atoms with Crippen molar-refractivity contribution in [3.63, 3.8) is 0 Å². The minimum atomic E-state index is -3.68. The van der Waals surface area contributed by atoms with E-state index in [1.165, 1.54) is 4.31 Å². The summed E-state index contributed by atoms with van der Waals surface area (Å²) in [5.74, 6) is 0. The highest BCUT2D eigenvalue weighted by Gasteiger charge is 2.33. The SMILES string of the molecule is COCc1ccccc1N(C=O)C1CCN(S(=O)(=O)c2cccc3cccnc23)CC1. The molecule has 8 heteroatoms. The predicted octanol–water partition coefficient (Wildman–Crippen LogP) is 3.20. The summed E-state index contributed by atoms with van der Waals surface area (Å²) in [6, 6.07) is 16.4. The van der Waals surface area contributed by atoms with E-state index in [1.54, 1.807) is 36.4 Å². The Balaban J connectivity index is 1.55. The number of hydrogen-bond acceptors (Lipinski definition) is 5. The number of methoxy groups -OCH3 is 1. The molecular formula is C23H25N3O4S. The second-order valence-corrected chi connectivity index (χ2v) is 9.45. The first-order valence-corrected chi connectivity index (χ1v) is 11.6. The van der Waals surface area contributed by atoms with E-state index in [1.807, 2.05) is 36.4 Å². The average Bonchev–Trinajstić information content (AvgIpc) is 2.81. The van der Waals surface area contributed by atoms with E-state index in [0.29, 0.717) is 38.1 Å². The van der Waals surface area contributed by atoms with Gasteiger partial charge in [0.25, 0.3) is 0 Å². The molecule has 31 heavy (non-hydrogen) atoms. The molecule has 162 valence electrons. The zero-order valence-electron chi connectivity index (χ0n) is 17.3. The topological polar surface area (TPSA) is 79.8 Å². The molecule has 3 aromatic rings. The lowest BCUT2D eigenvalue weighted by Gasteiger charge is -2.36. The van der Waals surface area contributed by atoms with Gasteiger partial charge in [0.1, 0.15) is 4.90 Å². The van der Waals surface area contributed by atoms with Gasteiger partial charge in [-0.2, -0.15) is 4.31 Å². The van der Waals surface area contributed by atoms with E-state index in [4.69, 9.17) is 4.74 Å². The number of aromatic nitrogens is 1. The first-order chi connectivity index (χ1) is 15.1. The molecule has 0 aliphatic carbocycles. The molecule has 4 rings (SSSR count). The number of carbonyl (C=O) groups excluding carboxylic acids is 1. The van der Waals surface area contributed by atoms with Crippen LogP contribution in [0.25, 0.3) is 10.9 Å². The van der Waals surface area contributed by atoms with Gasteiger partial charge in [-0.05, 0) is 31.0 Å². The number of carbonyl (C=O) groups is 1. The van der Waals surface area contributed by atoms with E-state index in [9.17, 15) is 13.2 Å². The summed E-state index contributed by atoms with van der Waals surface area (Å²) in [6.45, 7) is 1.09. The Morgan fingerprint density at radius 1 is 1.10 bits per heavy atom. The number of amides is 1. The van der Waals surface area contributed by atoms with Crippen LogP contribution in [0.4, 0.5) is 5.69 Å². The normalized spacial score (nSPS) is 15.8. The summed E-state index contributed by atoms with van der Waals surface area (Å²) in [5.41, 5.74) is 2.21. The first-order valence-electron chi connectivity index (χ1n) is 10.2. The van der Waals surface area contributed by atoms with Crippen LogP contribution in [0.15, 0.2) is 65.7 Å². The third kappa shape index (κ3) is 4.19. The number of anilines is 1. The molecule has 1 amide bonds. The third-order valence-corrected chi connectivity index (χ3v) is 7.64. The van der Waals surface area contributed by atoms with Crippen LogP contribution in [-0.2, 0) is 26.2 Å². The number of rotatable bonds is 7. The van der Waals surface area contributed by atoms with Gasteiger partial charge in [0, 0.05) is 49.1 Å². The van der Waals surface area contributed by atoms with Crippen LogP contribution in [0.1, 0.15) is 18.4 Å². The number of piperidine rings is 1. The fourth-order valence-electron chi connectivity index (χ4n) is 4.16. The van der Waals surface area contributed by atoms with E-state index in [2.05, 4.69) is 4.98 Å². The zero-order valence-corrected chi connectivity index (χ0v) is 18.2. The Hall–Kier alpha value is -2.81. The Labute approximate surface area is 182 Å². The van der Waals surface area contributed by atoms with Crippen molar-refractivity contribution in [1.82, 2.24) is 9.29 Å². The van der Waals surface area contributed by atoms with Crippen molar-refractivity contribution in [2.75, 3.05) is 25.1 Å². The van der Waals surface area contributed by atoms with E-state index in [-0.39, 0.29) is 10.9 Å². The van der Waals surface area contributed by atoms with Gasteiger partial charge in [0.2, 0.25) is 16.4 Å². The van der Waals surface area contributed by atoms with Crippen LogP contribution in [0.2, 0.25) is 0 Å². The summed E-state index contributed by atoms with van der Waals surface area (Å²) in [4.78, 5) is 18.2. The van der Waals surface area contributed by atoms with Crippen molar-refractivity contribution in [2.45, 2.75) is 30.4 Å². The molecule has 0 bridgehead atoms.